The van der Waals surface area contributed by atoms with Crippen molar-refractivity contribution in [1.29, 1.82) is 0 Å². The molecular weight excluding hydrogens is 422 g/mol. The predicted octanol–water partition coefficient (Wildman–Crippen LogP) is 5.16. The van der Waals surface area contributed by atoms with Crippen LogP contribution in [0.4, 0.5) is 0 Å². The Morgan fingerprint density at radius 3 is 2.82 bits per heavy atom. The van der Waals surface area contributed by atoms with Crippen LogP contribution in [0.25, 0.3) is 0 Å². The Labute approximate surface area is 205 Å². The zero-order valence-corrected chi connectivity index (χ0v) is 21.3. The average Bonchev–Trinajstić information content (AvgIpc) is 3.66. The molecule has 0 bridgehead atoms. The fraction of sp³-hybridized carbons (Fsp3) is 0.690. The molecule has 0 heterocycles. The molecule has 1 aromatic carbocycles. The van der Waals surface area contributed by atoms with E-state index >= 15 is 0 Å². The van der Waals surface area contributed by atoms with Gasteiger partial charge < -0.3 is 15.5 Å². The first-order valence-electron chi connectivity index (χ1n) is 13.6. The van der Waals surface area contributed by atoms with Gasteiger partial charge in [-0.1, -0.05) is 19.4 Å². The van der Waals surface area contributed by atoms with E-state index in [9.17, 15) is 4.79 Å². The number of hydrogen-bond donors (Lipinski definition) is 2. The summed E-state index contributed by atoms with van der Waals surface area (Å²) in [6.07, 6.45) is 13.4. The van der Waals surface area contributed by atoms with Crippen LogP contribution in [0.5, 0.6) is 5.75 Å². The number of aryl methyl sites for hydroxylation is 1. The van der Waals surface area contributed by atoms with Crippen LogP contribution in [-0.2, 0) is 11.2 Å². The predicted molar refractivity (Wildman–Crippen MR) is 136 cm³/mol. The number of carbonyl (C=O) groups is 1. The topological polar surface area (TPSA) is 67.6 Å². The summed E-state index contributed by atoms with van der Waals surface area (Å²) >= 11 is 0. The number of nitrogens with one attached hydrogen (secondary N) is 1. The van der Waals surface area contributed by atoms with Crippen molar-refractivity contribution in [2.75, 3.05) is 20.7 Å². The highest BCUT2D eigenvalue weighted by Gasteiger charge is 2.58. The third-order valence-electron chi connectivity index (χ3n) is 9.64. The van der Waals surface area contributed by atoms with Gasteiger partial charge in [0.2, 0.25) is 0 Å². The number of nitrogens with zero attached hydrogens (tertiary/aromatic N) is 1. The highest BCUT2D eigenvalue weighted by Crippen LogP contribution is 2.62. The fourth-order valence-electron chi connectivity index (χ4n) is 7.64. The molecule has 0 amide bonds. The lowest BCUT2D eigenvalue weighted by Crippen LogP contribution is -2.44. The van der Waals surface area contributed by atoms with Gasteiger partial charge in [-0.2, -0.15) is 0 Å². The van der Waals surface area contributed by atoms with Gasteiger partial charge in [0, 0.05) is 43.2 Å². The molecule has 5 rings (SSSR count). The second kappa shape index (κ2) is 9.56. The first-order valence-corrected chi connectivity index (χ1v) is 13.6. The van der Waals surface area contributed by atoms with Gasteiger partial charge in [0.25, 0.3) is 0 Å². The number of unbranched alkanes of at least 4 members (excludes halogenated alkanes) is 1. The van der Waals surface area contributed by atoms with E-state index in [1.807, 2.05) is 7.05 Å². The summed E-state index contributed by atoms with van der Waals surface area (Å²) in [7, 11) is 3.72. The maximum absolute atomic E-state index is 13.3. The number of Topliss-reactive ketones (excluding diaryl/α,β-unsaturated/α-hetero) is 1. The number of allylic oxidation sites excluding steroid dienone is 1. The van der Waals surface area contributed by atoms with Gasteiger partial charge in [-0.05, 0) is 98.3 Å². The summed E-state index contributed by atoms with van der Waals surface area (Å²) in [5.41, 5.74) is 13.4. The van der Waals surface area contributed by atoms with Gasteiger partial charge in [0.15, 0.2) is 0 Å². The zero-order valence-electron chi connectivity index (χ0n) is 21.3. The quantitative estimate of drug-likeness (QED) is 0.389. The molecule has 4 aliphatic carbocycles. The van der Waals surface area contributed by atoms with Crippen molar-refractivity contribution in [2.45, 2.75) is 77.0 Å². The van der Waals surface area contributed by atoms with Gasteiger partial charge in [0.05, 0.1) is 7.11 Å². The number of ether oxygens (including phenoxy) is 1. The van der Waals surface area contributed by atoms with E-state index in [0.717, 1.165) is 50.1 Å². The smallest absolute Gasteiger partial charge is 0.139 e. The normalized spacial score (nSPS) is 32.7. The minimum atomic E-state index is -0.103. The molecule has 0 aliphatic heterocycles. The van der Waals surface area contributed by atoms with Crippen LogP contribution in [0.3, 0.4) is 0 Å². The summed E-state index contributed by atoms with van der Waals surface area (Å²) in [6, 6.07) is 6.69. The highest BCUT2D eigenvalue weighted by molar-refractivity contribution is 5.87. The minimum absolute atomic E-state index is 0.103. The van der Waals surface area contributed by atoms with Crippen molar-refractivity contribution in [3.8, 4) is 5.75 Å². The maximum atomic E-state index is 13.3. The van der Waals surface area contributed by atoms with Gasteiger partial charge in [-0.25, -0.2) is 5.43 Å². The number of nitrogens with two attached hydrogens (primary N) is 1. The van der Waals surface area contributed by atoms with E-state index in [4.69, 9.17) is 10.5 Å². The van der Waals surface area contributed by atoms with Gasteiger partial charge >= 0.3 is 0 Å². The molecule has 5 heteroatoms. The van der Waals surface area contributed by atoms with Crippen LogP contribution < -0.4 is 15.9 Å². The number of fused-ring (bicyclic) bond motifs is 5. The Balaban J connectivity index is 1.24. The monoisotopic (exact) mass is 465 g/mol. The largest absolute Gasteiger partial charge is 0.497 e. The van der Waals surface area contributed by atoms with E-state index in [1.165, 1.54) is 43.2 Å². The van der Waals surface area contributed by atoms with Crippen LogP contribution >= 0.6 is 0 Å². The molecule has 3 N–H and O–H groups in total. The van der Waals surface area contributed by atoms with Gasteiger partial charge in [0.1, 0.15) is 11.5 Å². The lowest BCUT2D eigenvalue weighted by Gasteiger charge is -2.50. The van der Waals surface area contributed by atoms with E-state index in [-0.39, 0.29) is 5.41 Å². The molecule has 0 radical (unpaired) electrons. The van der Waals surface area contributed by atoms with Crippen LogP contribution in [0.15, 0.2) is 30.1 Å². The van der Waals surface area contributed by atoms with Crippen molar-refractivity contribution in [2.24, 2.45) is 34.8 Å². The Morgan fingerprint density at radius 2 is 2.09 bits per heavy atom. The molecule has 0 saturated heterocycles. The summed E-state index contributed by atoms with van der Waals surface area (Å²) in [5, 5.41) is 2.14. The number of hydrazine groups is 1. The van der Waals surface area contributed by atoms with Crippen LogP contribution in [0, 0.1) is 29.1 Å². The first kappa shape index (κ1) is 23.7. The standard InChI is InChI=1S/C29H43N3O2/c1-29-14-13-24-23-12-10-22(34-3)16-20(23)9-11-25(24)28(29)21(17-27(29)33)6-4-5-15-32(31-2)18-26(30)19-7-8-19/h10,12,16,18-19,21,24-25,28,31H,4-9,11,13-15,17,30H2,1-3H3/b26-18-/t21-,24-,25-,28+,29-/m1/s1. The van der Waals surface area contributed by atoms with Crippen molar-refractivity contribution in [3.63, 3.8) is 0 Å². The van der Waals surface area contributed by atoms with Crippen molar-refractivity contribution >= 4 is 5.78 Å². The lowest BCUT2D eigenvalue weighted by atomic mass is 9.54. The number of hydrogen-bond acceptors (Lipinski definition) is 5. The summed E-state index contributed by atoms with van der Waals surface area (Å²) in [5.74, 6) is 4.44. The molecule has 0 aromatic heterocycles. The SMILES string of the molecule is CNN(/C=C(\N)C1CC1)CCCC[C@@H]1CC(=O)[C@@]2(C)CC[C@@H]3c4ccc(OC)cc4CC[C@H]3[C@H]12. The van der Waals surface area contributed by atoms with Gasteiger partial charge in [-0.15, -0.1) is 0 Å². The highest BCUT2D eigenvalue weighted by atomic mass is 16.5. The Morgan fingerprint density at radius 1 is 1.26 bits per heavy atom. The molecule has 3 saturated carbocycles. The molecule has 5 nitrogen and oxygen atoms in total. The lowest BCUT2D eigenvalue weighted by molar-refractivity contribution is -0.129. The molecule has 34 heavy (non-hydrogen) atoms. The number of benzene rings is 1. The Bertz CT molecular complexity index is 939. The van der Waals surface area contributed by atoms with E-state index in [1.54, 1.807) is 7.11 Å². The molecule has 1 aromatic rings. The summed E-state index contributed by atoms with van der Waals surface area (Å²) < 4.78 is 5.49. The first-order chi connectivity index (χ1) is 16.4. The van der Waals surface area contributed by atoms with E-state index in [0.29, 0.717) is 35.4 Å². The molecule has 5 atom stereocenters. The number of ketones is 1. The zero-order chi connectivity index (χ0) is 23.9. The van der Waals surface area contributed by atoms with Gasteiger partial charge in [-0.3, -0.25) is 4.79 Å². The minimum Gasteiger partial charge on any atom is -0.497 e. The van der Waals surface area contributed by atoms with E-state index in [2.05, 4.69) is 41.8 Å². The molecular formula is C29H43N3O2. The van der Waals surface area contributed by atoms with Crippen molar-refractivity contribution in [3.05, 3.63) is 41.2 Å². The molecule has 186 valence electrons. The third kappa shape index (κ3) is 4.36. The maximum Gasteiger partial charge on any atom is 0.139 e. The Kier molecular flexibility index (Phi) is 6.67. The fourth-order valence-corrected chi connectivity index (χ4v) is 7.64. The molecule has 3 fully saturated rings. The van der Waals surface area contributed by atoms with E-state index < -0.39 is 0 Å². The second-order valence-corrected chi connectivity index (χ2v) is 11.6. The second-order valence-electron chi connectivity index (χ2n) is 11.6. The molecule has 0 spiro atoms. The average molecular weight is 466 g/mol. The number of methoxy groups -OCH3 is 1. The summed E-state index contributed by atoms with van der Waals surface area (Å²) in [4.78, 5) is 13.3. The number of rotatable bonds is 9. The van der Waals surface area contributed by atoms with Crippen molar-refractivity contribution in [1.82, 2.24) is 10.4 Å². The number of carbonyl (C=O) groups excluding carboxylic acids is 1. The van der Waals surface area contributed by atoms with Crippen LogP contribution in [0.1, 0.15) is 81.8 Å². The molecule has 4 aliphatic rings. The molecule has 0 unspecified atom stereocenters. The summed E-state index contributed by atoms with van der Waals surface area (Å²) in [6.45, 7) is 3.27. The van der Waals surface area contributed by atoms with Crippen LogP contribution in [0.2, 0.25) is 0 Å². The van der Waals surface area contributed by atoms with Crippen molar-refractivity contribution < 1.29 is 9.53 Å². The van der Waals surface area contributed by atoms with Crippen LogP contribution in [-0.4, -0.2) is 31.5 Å². The Hall–Kier alpha value is -2.01. The third-order valence-corrected chi connectivity index (χ3v) is 9.64.